The molecular weight excluding hydrogens is 412 g/mol. The Balaban J connectivity index is 1.60. The molecule has 4 aliphatic rings. The Kier molecular flexibility index (Phi) is 6.62. The van der Waals surface area contributed by atoms with Gasteiger partial charge in [-0.15, -0.1) is 0 Å². The van der Waals surface area contributed by atoms with Crippen molar-refractivity contribution >= 4 is 0 Å². The molecule has 1 nitrogen and oxygen atoms in total. The zero-order chi connectivity index (χ0) is 25.3. The largest absolute Gasteiger partial charge is 0.381 e. The van der Waals surface area contributed by atoms with Gasteiger partial charge in [-0.2, -0.15) is 0 Å². The maximum Gasteiger partial charge on any atom is 0.0625 e. The summed E-state index contributed by atoms with van der Waals surface area (Å²) in [5.41, 5.74) is 4.98. The van der Waals surface area contributed by atoms with Crippen molar-refractivity contribution < 1.29 is 4.74 Å². The van der Waals surface area contributed by atoms with Crippen molar-refractivity contribution in [1.29, 1.82) is 0 Å². The van der Waals surface area contributed by atoms with Gasteiger partial charge in [-0.25, -0.2) is 0 Å². The van der Waals surface area contributed by atoms with Gasteiger partial charge >= 0.3 is 0 Å². The van der Waals surface area contributed by atoms with E-state index < -0.39 is 0 Å². The van der Waals surface area contributed by atoms with Crippen LogP contribution in [0.3, 0.4) is 0 Å². The Morgan fingerprint density at radius 2 is 1.74 bits per heavy atom. The van der Waals surface area contributed by atoms with Crippen LogP contribution in [0, 0.1) is 50.7 Å². The summed E-state index contributed by atoms with van der Waals surface area (Å²) in [6.45, 7) is 26.9. The van der Waals surface area contributed by atoms with Gasteiger partial charge in [-0.3, -0.25) is 0 Å². The normalized spacial score (nSPS) is 44.5. The zero-order valence-electron chi connectivity index (χ0n) is 24.4. The first-order chi connectivity index (χ1) is 15.6. The van der Waals surface area contributed by atoms with Crippen LogP contribution in [0.2, 0.25) is 0 Å². The van der Waals surface area contributed by atoms with E-state index in [4.69, 9.17) is 4.74 Å². The smallest absolute Gasteiger partial charge is 0.0625 e. The lowest BCUT2D eigenvalue weighted by Gasteiger charge is -2.64. The zero-order valence-corrected chi connectivity index (χ0v) is 24.4. The van der Waals surface area contributed by atoms with E-state index in [-0.39, 0.29) is 10.8 Å². The van der Waals surface area contributed by atoms with Crippen molar-refractivity contribution in [3.8, 4) is 0 Å². The maximum absolute atomic E-state index is 6.02. The molecule has 0 aromatic rings. The van der Waals surface area contributed by atoms with Gasteiger partial charge in [0.05, 0.1) is 6.10 Å². The Morgan fingerprint density at radius 3 is 2.35 bits per heavy atom. The standard InChI is InChI=1S/C33H56O/c1-22(2)29(4,5)18-14-23(3)24-15-20-33(10)26-12-13-27-30(6,7)28(34-11)17-19-31(27,8)25(26)16-21-32(24,33)9/h16,23-24,26-28H,1,12-15,17-21H2,2-11H3. The van der Waals surface area contributed by atoms with Gasteiger partial charge < -0.3 is 4.74 Å². The number of allylic oxidation sites excluding steroid dienone is 3. The topological polar surface area (TPSA) is 9.23 Å². The maximum atomic E-state index is 6.02. The van der Waals surface area contributed by atoms with Gasteiger partial charge in [0.25, 0.3) is 0 Å². The molecule has 0 bridgehead atoms. The minimum atomic E-state index is 0.261. The molecule has 8 unspecified atom stereocenters. The molecule has 4 rings (SSSR count). The second-order valence-electron chi connectivity index (χ2n) is 15.2. The van der Waals surface area contributed by atoms with Crippen molar-refractivity contribution in [2.45, 2.75) is 126 Å². The van der Waals surface area contributed by atoms with Crippen molar-refractivity contribution in [1.82, 2.24) is 0 Å². The molecule has 0 heterocycles. The summed E-state index contributed by atoms with van der Waals surface area (Å²) < 4.78 is 6.02. The van der Waals surface area contributed by atoms with Crippen LogP contribution in [0.25, 0.3) is 0 Å². The summed E-state index contributed by atoms with van der Waals surface area (Å²) in [6.07, 6.45) is 15.3. The summed E-state index contributed by atoms with van der Waals surface area (Å²) in [5.74, 6) is 3.17. The van der Waals surface area contributed by atoms with E-state index >= 15 is 0 Å². The van der Waals surface area contributed by atoms with Crippen LogP contribution in [0.15, 0.2) is 23.8 Å². The fourth-order valence-corrected chi connectivity index (χ4v) is 10.1. The highest BCUT2D eigenvalue weighted by molar-refractivity contribution is 5.32. The Labute approximate surface area is 212 Å². The molecule has 0 aromatic carbocycles. The molecule has 0 aromatic heterocycles. The van der Waals surface area contributed by atoms with Crippen LogP contribution >= 0.6 is 0 Å². The lowest BCUT2D eigenvalue weighted by Crippen LogP contribution is -2.58. The Bertz CT molecular complexity index is 831. The minimum Gasteiger partial charge on any atom is -0.381 e. The second kappa shape index (κ2) is 8.49. The molecule has 0 aliphatic heterocycles. The molecule has 0 spiro atoms. The number of fused-ring (bicyclic) bond motifs is 5. The first-order valence-electron chi connectivity index (χ1n) is 14.5. The van der Waals surface area contributed by atoms with Crippen molar-refractivity contribution in [3.05, 3.63) is 23.8 Å². The summed E-state index contributed by atoms with van der Waals surface area (Å²) in [6, 6.07) is 0. The number of rotatable bonds is 6. The number of methoxy groups -OCH3 is 1. The minimum absolute atomic E-state index is 0.261. The average Bonchev–Trinajstić information content (AvgIpc) is 3.03. The molecule has 0 amide bonds. The highest BCUT2D eigenvalue weighted by Gasteiger charge is 2.65. The molecular formula is C33H56O. The van der Waals surface area contributed by atoms with E-state index in [9.17, 15) is 0 Å². The lowest BCUT2D eigenvalue weighted by atomic mass is 9.41. The predicted octanol–water partition coefficient (Wildman–Crippen LogP) is 9.63. The van der Waals surface area contributed by atoms with Crippen LogP contribution in [-0.2, 0) is 4.74 Å². The van der Waals surface area contributed by atoms with Gasteiger partial charge in [0.1, 0.15) is 0 Å². The van der Waals surface area contributed by atoms with Gasteiger partial charge in [-0.05, 0) is 115 Å². The summed E-state index contributed by atoms with van der Waals surface area (Å²) in [4.78, 5) is 0. The van der Waals surface area contributed by atoms with Gasteiger partial charge in [0.2, 0.25) is 0 Å². The van der Waals surface area contributed by atoms with E-state index in [1.54, 1.807) is 0 Å². The molecule has 0 radical (unpaired) electrons. The molecule has 0 N–H and O–H groups in total. The lowest BCUT2D eigenvalue weighted by molar-refractivity contribution is -0.130. The molecule has 4 aliphatic carbocycles. The Hall–Kier alpha value is -0.560. The first kappa shape index (κ1) is 26.5. The third kappa shape index (κ3) is 3.64. The third-order valence-electron chi connectivity index (χ3n) is 13.2. The van der Waals surface area contributed by atoms with E-state index in [0.29, 0.717) is 22.3 Å². The van der Waals surface area contributed by atoms with Crippen molar-refractivity contribution in [3.63, 3.8) is 0 Å². The molecule has 194 valence electrons. The molecule has 3 saturated carbocycles. The van der Waals surface area contributed by atoms with E-state index in [1.807, 2.05) is 12.7 Å². The van der Waals surface area contributed by atoms with Gasteiger partial charge in [0, 0.05) is 7.11 Å². The van der Waals surface area contributed by atoms with Gasteiger partial charge in [0.15, 0.2) is 0 Å². The fourth-order valence-electron chi connectivity index (χ4n) is 10.1. The van der Waals surface area contributed by atoms with Crippen LogP contribution in [0.5, 0.6) is 0 Å². The number of hydrogen-bond donors (Lipinski definition) is 0. The predicted molar refractivity (Wildman–Crippen MR) is 147 cm³/mol. The molecule has 3 fully saturated rings. The summed E-state index contributed by atoms with van der Waals surface area (Å²) in [7, 11) is 1.93. The number of hydrogen-bond acceptors (Lipinski definition) is 1. The third-order valence-corrected chi connectivity index (χ3v) is 13.2. The summed E-state index contributed by atoms with van der Waals surface area (Å²) >= 11 is 0. The van der Waals surface area contributed by atoms with E-state index in [2.05, 4.69) is 75.0 Å². The number of ether oxygens (including phenoxy) is 1. The van der Waals surface area contributed by atoms with Gasteiger partial charge in [-0.1, -0.05) is 79.2 Å². The van der Waals surface area contributed by atoms with Crippen molar-refractivity contribution in [2.75, 3.05) is 7.11 Å². The first-order valence-corrected chi connectivity index (χ1v) is 14.5. The molecule has 8 atom stereocenters. The summed E-state index contributed by atoms with van der Waals surface area (Å²) in [5, 5.41) is 0. The molecule has 1 heteroatoms. The van der Waals surface area contributed by atoms with E-state index in [1.165, 1.54) is 63.4 Å². The van der Waals surface area contributed by atoms with Crippen LogP contribution < -0.4 is 0 Å². The Morgan fingerprint density at radius 1 is 1.06 bits per heavy atom. The highest BCUT2D eigenvalue weighted by Crippen LogP contribution is 2.73. The SMILES string of the molecule is C=C(C)C(C)(C)CCC(C)C1CCC2(C)C3CCC4C(C)(CCC(OC)C4(C)C)C3=CCC12C. The molecule has 34 heavy (non-hydrogen) atoms. The van der Waals surface area contributed by atoms with Crippen LogP contribution in [0.1, 0.15) is 120 Å². The monoisotopic (exact) mass is 468 g/mol. The molecule has 0 saturated heterocycles. The second-order valence-corrected chi connectivity index (χ2v) is 15.2. The van der Waals surface area contributed by atoms with Crippen LogP contribution in [-0.4, -0.2) is 13.2 Å². The van der Waals surface area contributed by atoms with Crippen LogP contribution in [0.4, 0.5) is 0 Å². The van der Waals surface area contributed by atoms with Crippen molar-refractivity contribution in [2.24, 2.45) is 50.7 Å². The van der Waals surface area contributed by atoms with E-state index in [0.717, 1.165) is 23.7 Å². The highest BCUT2D eigenvalue weighted by atomic mass is 16.5. The average molecular weight is 469 g/mol. The fraction of sp³-hybridized carbons (Fsp3) is 0.879. The quantitative estimate of drug-likeness (QED) is 0.352.